The van der Waals surface area contributed by atoms with Crippen LogP contribution in [0.15, 0.2) is 0 Å². The lowest BCUT2D eigenvalue weighted by molar-refractivity contribution is -0.167. The third-order valence-corrected chi connectivity index (χ3v) is 10.0. The summed E-state index contributed by atoms with van der Waals surface area (Å²) in [6.45, 7) is 8.96. The van der Waals surface area contributed by atoms with Crippen LogP contribution in [0.3, 0.4) is 0 Å². The largest absolute Gasteiger partial charge is 0.462 e. The van der Waals surface area contributed by atoms with Crippen LogP contribution in [0.5, 0.6) is 0 Å². The molecule has 1 atom stereocenters. The van der Waals surface area contributed by atoms with Crippen molar-refractivity contribution in [2.45, 2.75) is 252 Å². The highest BCUT2D eigenvalue weighted by atomic mass is 16.6. The van der Waals surface area contributed by atoms with Gasteiger partial charge in [-0.05, 0) is 25.2 Å². The zero-order chi connectivity index (χ0) is 37.5. The molecule has 0 spiro atoms. The average Bonchev–Trinajstić information content (AvgIpc) is 3.11. The van der Waals surface area contributed by atoms with Gasteiger partial charge in [0.1, 0.15) is 13.2 Å². The number of unbranched alkanes of at least 4 members (excludes halogenated alkanes) is 27. The van der Waals surface area contributed by atoms with Crippen LogP contribution in [0.2, 0.25) is 0 Å². The van der Waals surface area contributed by atoms with Gasteiger partial charge in [0.05, 0.1) is 0 Å². The van der Waals surface area contributed by atoms with E-state index in [1.807, 2.05) is 0 Å². The zero-order valence-corrected chi connectivity index (χ0v) is 34.6. The van der Waals surface area contributed by atoms with E-state index in [2.05, 4.69) is 27.7 Å². The minimum absolute atomic E-state index is 0.0641. The molecular weight excluding hydrogens is 636 g/mol. The number of hydrogen-bond donors (Lipinski definition) is 0. The molecule has 0 saturated heterocycles. The minimum Gasteiger partial charge on any atom is -0.462 e. The van der Waals surface area contributed by atoms with Gasteiger partial charge in [-0.15, -0.1) is 0 Å². The van der Waals surface area contributed by atoms with Gasteiger partial charge >= 0.3 is 17.9 Å². The second kappa shape index (κ2) is 39.6. The Morgan fingerprint density at radius 3 is 0.961 bits per heavy atom. The van der Waals surface area contributed by atoms with Crippen molar-refractivity contribution >= 4 is 17.9 Å². The predicted octanol–water partition coefficient (Wildman–Crippen LogP) is 13.9. The van der Waals surface area contributed by atoms with Gasteiger partial charge in [-0.2, -0.15) is 0 Å². The highest BCUT2D eigenvalue weighted by Crippen LogP contribution is 2.16. The van der Waals surface area contributed by atoms with Crippen LogP contribution in [0.1, 0.15) is 246 Å². The number of esters is 3. The summed E-state index contributed by atoms with van der Waals surface area (Å²) in [4.78, 5) is 37.6. The van der Waals surface area contributed by atoms with Crippen LogP contribution >= 0.6 is 0 Å². The fraction of sp³-hybridized carbons (Fsp3) is 0.933. The number of rotatable bonds is 40. The fourth-order valence-electron chi connectivity index (χ4n) is 6.63. The Kier molecular flexibility index (Phi) is 38.4. The van der Waals surface area contributed by atoms with E-state index in [1.54, 1.807) is 0 Å². The van der Waals surface area contributed by atoms with Crippen molar-refractivity contribution < 1.29 is 28.6 Å². The molecule has 0 amide bonds. The van der Waals surface area contributed by atoms with E-state index in [-0.39, 0.29) is 31.1 Å². The number of hydrogen-bond acceptors (Lipinski definition) is 6. The van der Waals surface area contributed by atoms with E-state index in [4.69, 9.17) is 14.2 Å². The van der Waals surface area contributed by atoms with E-state index in [9.17, 15) is 14.4 Å². The molecular formula is C45H86O6. The maximum Gasteiger partial charge on any atom is 0.306 e. The summed E-state index contributed by atoms with van der Waals surface area (Å²) in [5.41, 5.74) is 0. The molecule has 0 aromatic rings. The molecule has 302 valence electrons. The summed E-state index contributed by atoms with van der Waals surface area (Å²) in [6, 6.07) is 0. The van der Waals surface area contributed by atoms with Crippen molar-refractivity contribution in [3.8, 4) is 0 Å². The monoisotopic (exact) mass is 723 g/mol. The average molecular weight is 723 g/mol. The van der Waals surface area contributed by atoms with Crippen LogP contribution < -0.4 is 0 Å². The van der Waals surface area contributed by atoms with Gasteiger partial charge in [0.15, 0.2) is 6.10 Å². The quantitative estimate of drug-likeness (QED) is 0.0356. The van der Waals surface area contributed by atoms with Gasteiger partial charge in [0.2, 0.25) is 0 Å². The smallest absolute Gasteiger partial charge is 0.306 e. The summed E-state index contributed by atoms with van der Waals surface area (Å²) in [6.07, 6.45) is 38.0. The SMILES string of the molecule is CCCCCCCCCCCCC(=O)O[C@H](COC(=O)CCCCCCCCCCC)COC(=O)CCCCCCCCCCCCCC(C)C. The Balaban J connectivity index is 4.29. The molecule has 0 aromatic heterocycles. The first-order chi connectivity index (χ1) is 24.9. The summed E-state index contributed by atoms with van der Waals surface area (Å²) in [5, 5.41) is 0. The minimum atomic E-state index is -0.758. The van der Waals surface area contributed by atoms with Gasteiger partial charge < -0.3 is 14.2 Å². The standard InChI is InChI=1S/C45H86O6/c1-5-7-9-11-13-15-21-26-30-34-38-45(48)51-42(39-49-43(46)36-32-28-24-19-14-12-10-8-6-2)40-50-44(47)37-33-29-25-22-18-16-17-20-23-27-31-35-41(3)4/h41-42H,5-40H2,1-4H3/t42-/m1/s1. The predicted molar refractivity (Wildman–Crippen MR) is 215 cm³/mol. The van der Waals surface area contributed by atoms with Crippen LogP contribution in [-0.2, 0) is 28.6 Å². The van der Waals surface area contributed by atoms with Gasteiger partial charge in [0, 0.05) is 19.3 Å². The molecule has 6 nitrogen and oxygen atoms in total. The molecule has 0 aliphatic rings. The molecule has 0 radical (unpaired) electrons. The third-order valence-electron chi connectivity index (χ3n) is 10.0. The van der Waals surface area contributed by atoms with Gasteiger partial charge in [-0.25, -0.2) is 0 Å². The van der Waals surface area contributed by atoms with Crippen molar-refractivity contribution in [3.05, 3.63) is 0 Å². The normalized spacial score (nSPS) is 11.9. The first-order valence-corrected chi connectivity index (χ1v) is 22.4. The first kappa shape index (κ1) is 49.4. The molecule has 0 bridgehead atoms. The summed E-state index contributed by atoms with van der Waals surface area (Å²) < 4.78 is 16.7. The van der Waals surface area contributed by atoms with Gasteiger partial charge in [-0.3, -0.25) is 14.4 Å². The van der Waals surface area contributed by atoms with Crippen LogP contribution in [0.4, 0.5) is 0 Å². The molecule has 0 aromatic carbocycles. The summed E-state index contributed by atoms with van der Waals surface area (Å²) in [7, 11) is 0. The number of ether oxygens (including phenoxy) is 3. The molecule has 0 fully saturated rings. The van der Waals surface area contributed by atoms with E-state index < -0.39 is 6.10 Å². The molecule has 6 heteroatoms. The first-order valence-electron chi connectivity index (χ1n) is 22.4. The molecule has 0 rings (SSSR count). The molecule has 0 unspecified atom stereocenters. The van der Waals surface area contributed by atoms with Crippen LogP contribution in [0.25, 0.3) is 0 Å². The Labute approximate surface area is 317 Å². The van der Waals surface area contributed by atoms with Crippen molar-refractivity contribution in [2.75, 3.05) is 13.2 Å². The lowest BCUT2D eigenvalue weighted by Crippen LogP contribution is -2.30. The molecule has 51 heavy (non-hydrogen) atoms. The van der Waals surface area contributed by atoms with Gasteiger partial charge in [0.25, 0.3) is 0 Å². The highest BCUT2D eigenvalue weighted by Gasteiger charge is 2.19. The second-order valence-electron chi connectivity index (χ2n) is 15.8. The van der Waals surface area contributed by atoms with Crippen molar-refractivity contribution in [1.29, 1.82) is 0 Å². The number of carbonyl (C=O) groups is 3. The topological polar surface area (TPSA) is 78.9 Å². The Morgan fingerprint density at radius 1 is 0.373 bits per heavy atom. The summed E-state index contributed by atoms with van der Waals surface area (Å²) >= 11 is 0. The molecule has 0 saturated carbocycles. The lowest BCUT2D eigenvalue weighted by Gasteiger charge is -2.18. The highest BCUT2D eigenvalue weighted by molar-refractivity contribution is 5.71. The van der Waals surface area contributed by atoms with E-state index in [0.717, 1.165) is 63.7 Å². The number of carbonyl (C=O) groups excluding carboxylic acids is 3. The van der Waals surface area contributed by atoms with Crippen molar-refractivity contribution in [1.82, 2.24) is 0 Å². The molecule has 0 aliphatic heterocycles. The van der Waals surface area contributed by atoms with Crippen molar-refractivity contribution in [2.24, 2.45) is 5.92 Å². The lowest BCUT2D eigenvalue weighted by atomic mass is 10.0. The molecule has 0 aliphatic carbocycles. The van der Waals surface area contributed by atoms with Gasteiger partial charge in [-0.1, -0.05) is 207 Å². The fourth-order valence-corrected chi connectivity index (χ4v) is 6.63. The maximum absolute atomic E-state index is 12.6. The van der Waals surface area contributed by atoms with Crippen LogP contribution in [-0.4, -0.2) is 37.2 Å². The second-order valence-corrected chi connectivity index (χ2v) is 15.8. The van der Waals surface area contributed by atoms with E-state index in [1.165, 1.54) is 141 Å². The molecule has 0 heterocycles. The Hall–Kier alpha value is -1.59. The van der Waals surface area contributed by atoms with Crippen molar-refractivity contribution in [3.63, 3.8) is 0 Å². The third kappa shape index (κ3) is 39.5. The summed E-state index contributed by atoms with van der Waals surface area (Å²) in [5.74, 6) is -0.0320. The maximum atomic E-state index is 12.6. The van der Waals surface area contributed by atoms with E-state index >= 15 is 0 Å². The Bertz CT molecular complexity index is 766. The van der Waals surface area contributed by atoms with Crippen LogP contribution in [0, 0.1) is 5.92 Å². The zero-order valence-electron chi connectivity index (χ0n) is 34.6. The van der Waals surface area contributed by atoms with E-state index in [0.29, 0.717) is 19.3 Å². The Morgan fingerprint density at radius 2 is 0.647 bits per heavy atom. The molecule has 0 N–H and O–H groups in total.